The molecule has 0 heterocycles. The van der Waals surface area contributed by atoms with Crippen molar-refractivity contribution in [2.24, 2.45) is 11.8 Å². The standard InChI is InChI=1S/C14H24N2O/c1-9(2)14(17-5)13(16-15)12-8-6-7-10(3)11(12)4/h6-9,13-14,16H,15H2,1-5H3. The third-order valence-electron chi connectivity index (χ3n) is 3.42. The number of aryl methyl sites for hydroxylation is 1. The van der Waals surface area contributed by atoms with Crippen LogP contribution < -0.4 is 11.3 Å². The summed E-state index contributed by atoms with van der Waals surface area (Å²) in [6, 6.07) is 6.32. The zero-order valence-electron chi connectivity index (χ0n) is 11.4. The maximum atomic E-state index is 5.71. The van der Waals surface area contributed by atoms with E-state index in [4.69, 9.17) is 10.6 Å². The van der Waals surface area contributed by atoms with Crippen molar-refractivity contribution >= 4 is 0 Å². The van der Waals surface area contributed by atoms with Gasteiger partial charge in [-0.2, -0.15) is 0 Å². The zero-order chi connectivity index (χ0) is 13.0. The summed E-state index contributed by atoms with van der Waals surface area (Å²) in [6.07, 6.45) is 0.0699. The minimum absolute atomic E-state index is 0.0277. The average molecular weight is 236 g/mol. The van der Waals surface area contributed by atoms with Gasteiger partial charge in [0, 0.05) is 7.11 Å². The van der Waals surface area contributed by atoms with Crippen molar-refractivity contribution < 1.29 is 4.74 Å². The van der Waals surface area contributed by atoms with Crippen molar-refractivity contribution in [1.82, 2.24) is 5.43 Å². The number of ether oxygens (including phenoxy) is 1. The number of methoxy groups -OCH3 is 1. The highest BCUT2D eigenvalue weighted by molar-refractivity contribution is 5.36. The van der Waals surface area contributed by atoms with Crippen molar-refractivity contribution in [2.75, 3.05) is 7.11 Å². The van der Waals surface area contributed by atoms with Gasteiger partial charge in [0.2, 0.25) is 0 Å². The first-order valence-corrected chi connectivity index (χ1v) is 6.08. The van der Waals surface area contributed by atoms with Crippen LogP contribution in [0.1, 0.15) is 36.6 Å². The Balaban J connectivity index is 3.12. The first kappa shape index (κ1) is 14.2. The predicted octanol–water partition coefficient (Wildman–Crippen LogP) is 2.48. The van der Waals surface area contributed by atoms with E-state index in [0.29, 0.717) is 5.92 Å². The minimum Gasteiger partial charge on any atom is -0.379 e. The molecule has 1 rings (SSSR count). The Kier molecular flexibility index (Phi) is 5.12. The summed E-state index contributed by atoms with van der Waals surface area (Å²) in [6.45, 7) is 8.53. The normalized spacial score (nSPS) is 15.0. The number of hydrogen-bond donors (Lipinski definition) is 2. The van der Waals surface area contributed by atoms with E-state index in [0.717, 1.165) is 0 Å². The molecule has 0 aliphatic rings. The first-order valence-electron chi connectivity index (χ1n) is 6.08. The van der Waals surface area contributed by atoms with Gasteiger partial charge >= 0.3 is 0 Å². The molecule has 0 aromatic heterocycles. The van der Waals surface area contributed by atoms with Crippen molar-refractivity contribution in [3.05, 3.63) is 34.9 Å². The molecule has 3 heteroatoms. The smallest absolute Gasteiger partial charge is 0.0801 e. The van der Waals surface area contributed by atoms with Crippen LogP contribution in [0.5, 0.6) is 0 Å². The third-order valence-corrected chi connectivity index (χ3v) is 3.42. The predicted molar refractivity (Wildman–Crippen MR) is 71.6 cm³/mol. The molecule has 0 aliphatic carbocycles. The van der Waals surface area contributed by atoms with E-state index in [1.807, 2.05) is 0 Å². The summed E-state index contributed by atoms with van der Waals surface area (Å²) in [5, 5.41) is 0. The summed E-state index contributed by atoms with van der Waals surface area (Å²) < 4.78 is 5.57. The summed E-state index contributed by atoms with van der Waals surface area (Å²) >= 11 is 0. The number of nitrogens with two attached hydrogens (primary N) is 1. The van der Waals surface area contributed by atoms with Crippen LogP contribution in [0.2, 0.25) is 0 Å². The number of benzene rings is 1. The molecule has 0 radical (unpaired) electrons. The van der Waals surface area contributed by atoms with Crippen molar-refractivity contribution in [1.29, 1.82) is 0 Å². The van der Waals surface area contributed by atoms with Gasteiger partial charge in [0.1, 0.15) is 0 Å². The van der Waals surface area contributed by atoms with Crippen LogP contribution in [0.15, 0.2) is 18.2 Å². The molecule has 3 N–H and O–H groups in total. The van der Waals surface area contributed by atoms with E-state index < -0.39 is 0 Å². The summed E-state index contributed by atoms with van der Waals surface area (Å²) in [7, 11) is 1.74. The van der Waals surface area contributed by atoms with E-state index in [2.05, 4.69) is 51.3 Å². The second-order valence-electron chi connectivity index (χ2n) is 4.88. The monoisotopic (exact) mass is 236 g/mol. The fraction of sp³-hybridized carbons (Fsp3) is 0.571. The molecular weight excluding hydrogens is 212 g/mol. The molecule has 2 unspecified atom stereocenters. The average Bonchev–Trinajstić information content (AvgIpc) is 2.29. The van der Waals surface area contributed by atoms with Gasteiger partial charge in [-0.05, 0) is 36.5 Å². The second-order valence-corrected chi connectivity index (χ2v) is 4.88. The fourth-order valence-corrected chi connectivity index (χ4v) is 2.27. The van der Waals surface area contributed by atoms with Crippen molar-refractivity contribution in [3.8, 4) is 0 Å². The maximum Gasteiger partial charge on any atom is 0.0801 e. The van der Waals surface area contributed by atoms with Gasteiger partial charge in [-0.25, -0.2) is 0 Å². The number of hydrogen-bond acceptors (Lipinski definition) is 3. The summed E-state index contributed by atoms with van der Waals surface area (Å²) in [5.41, 5.74) is 6.66. The summed E-state index contributed by atoms with van der Waals surface area (Å²) in [5.74, 6) is 6.11. The lowest BCUT2D eigenvalue weighted by Crippen LogP contribution is -2.40. The van der Waals surface area contributed by atoms with Gasteiger partial charge in [-0.1, -0.05) is 32.0 Å². The lowest BCUT2D eigenvalue weighted by molar-refractivity contribution is 0.0324. The molecule has 96 valence electrons. The Bertz CT molecular complexity index is 363. The van der Waals surface area contributed by atoms with Gasteiger partial charge in [0.05, 0.1) is 12.1 Å². The Hall–Kier alpha value is -0.900. The Labute approximate surface area is 104 Å². The lowest BCUT2D eigenvalue weighted by Gasteiger charge is -2.30. The molecule has 2 atom stereocenters. The van der Waals surface area contributed by atoms with Crippen molar-refractivity contribution in [2.45, 2.75) is 39.8 Å². The third kappa shape index (κ3) is 3.06. The maximum absolute atomic E-state index is 5.71. The van der Waals surface area contributed by atoms with Crippen LogP contribution in [-0.2, 0) is 4.74 Å². The van der Waals surface area contributed by atoms with Gasteiger partial charge in [0.25, 0.3) is 0 Å². The quantitative estimate of drug-likeness (QED) is 0.610. The van der Waals surface area contributed by atoms with E-state index in [1.54, 1.807) is 7.11 Å². The molecule has 0 aliphatic heterocycles. The highest BCUT2D eigenvalue weighted by Crippen LogP contribution is 2.27. The van der Waals surface area contributed by atoms with E-state index in [-0.39, 0.29) is 12.1 Å². The highest BCUT2D eigenvalue weighted by atomic mass is 16.5. The molecule has 0 saturated carbocycles. The molecule has 0 saturated heterocycles. The largest absolute Gasteiger partial charge is 0.379 e. The van der Waals surface area contributed by atoms with E-state index in [9.17, 15) is 0 Å². The Morgan fingerprint density at radius 2 is 1.88 bits per heavy atom. The Morgan fingerprint density at radius 1 is 1.24 bits per heavy atom. The topological polar surface area (TPSA) is 47.3 Å². The molecule has 1 aromatic carbocycles. The summed E-state index contributed by atoms with van der Waals surface area (Å²) in [4.78, 5) is 0. The highest BCUT2D eigenvalue weighted by Gasteiger charge is 2.26. The van der Waals surface area contributed by atoms with Gasteiger partial charge in [-0.15, -0.1) is 0 Å². The van der Waals surface area contributed by atoms with Crippen molar-refractivity contribution in [3.63, 3.8) is 0 Å². The molecule has 0 spiro atoms. The molecular formula is C14H24N2O. The van der Waals surface area contributed by atoms with Crippen LogP contribution in [0.25, 0.3) is 0 Å². The number of nitrogens with one attached hydrogen (secondary N) is 1. The lowest BCUT2D eigenvalue weighted by atomic mass is 9.90. The number of rotatable bonds is 5. The second kappa shape index (κ2) is 6.15. The molecule has 17 heavy (non-hydrogen) atoms. The SMILES string of the molecule is COC(C(C)C)C(NN)c1cccc(C)c1C. The zero-order valence-corrected chi connectivity index (χ0v) is 11.4. The fourth-order valence-electron chi connectivity index (χ4n) is 2.27. The number of hydrazine groups is 1. The van der Waals surface area contributed by atoms with Crippen LogP contribution in [0.4, 0.5) is 0 Å². The molecule has 1 aromatic rings. The molecule has 0 bridgehead atoms. The first-order chi connectivity index (χ1) is 8.02. The molecule has 0 fully saturated rings. The van der Waals surface area contributed by atoms with Crippen LogP contribution in [0, 0.1) is 19.8 Å². The minimum atomic E-state index is 0.0277. The Morgan fingerprint density at radius 3 is 2.35 bits per heavy atom. The van der Waals surface area contributed by atoms with E-state index >= 15 is 0 Å². The van der Waals surface area contributed by atoms with Crippen LogP contribution in [-0.4, -0.2) is 13.2 Å². The van der Waals surface area contributed by atoms with Gasteiger partial charge in [-0.3, -0.25) is 11.3 Å². The molecule has 3 nitrogen and oxygen atoms in total. The van der Waals surface area contributed by atoms with Crippen LogP contribution >= 0.6 is 0 Å². The van der Waals surface area contributed by atoms with Gasteiger partial charge < -0.3 is 4.74 Å². The van der Waals surface area contributed by atoms with Gasteiger partial charge in [0.15, 0.2) is 0 Å². The van der Waals surface area contributed by atoms with E-state index in [1.165, 1.54) is 16.7 Å². The molecule has 0 amide bonds. The van der Waals surface area contributed by atoms with Crippen LogP contribution in [0.3, 0.4) is 0 Å².